The minimum Gasteiger partial charge on any atom is -0.484 e. The van der Waals surface area contributed by atoms with E-state index in [1.54, 1.807) is 0 Å². The Morgan fingerprint density at radius 3 is 2.67 bits per heavy atom. The van der Waals surface area contributed by atoms with Gasteiger partial charge in [0.1, 0.15) is 12.3 Å². The maximum absolute atomic E-state index is 12.3. The maximum Gasteiger partial charge on any atom is 0.287 e. The molecule has 140 valence electrons. The summed E-state index contributed by atoms with van der Waals surface area (Å²) >= 11 is 5.16. The van der Waals surface area contributed by atoms with Crippen molar-refractivity contribution in [3.05, 3.63) is 69.9 Å². The van der Waals surface area contributed by atoms with E-state index in [1.807, 2.05) is 63.2 Å². The summed E-state index contributed by atoms with van der Waals surface area (Å²) < 4.78 is 12.5. The number of hydrogen-bond acceptors (Lipinski definition) is 5. The molecule has 6 nitrogen and oxygen atoms in total. The lowest BCUT2D eigenvalue weighted by atomic mass is 10.1. The van der Waals surface area contributed by atoms with Crippen LogP contribution < -0.4 is 10.1 Å². The fraction of sp³-hybridized carbons (Fsp3) is 0.250. The highest BCUT2D eigenvalue weighted by Crippen LogP contribution is 2.19. The Bertz CT molecular complexity index is 1020. The second-order valence-corrected chi connectivity index (χ2v) is 6.62. The number of carbonyl (C=O) groups is 1. The molecule has 0 aliphatic rings. The number of nitrogens with zero attached hydrogens (tertiary/aromatic N) is 2. The van der Waals surface area contributed by atoms with E-state index in [0.29, 0.717) is 5.89 Å². The Morgan fingerprint density at radius 2 is 1.89 bits per heavy atom. The van der Waals surface area contributed by atoms with Gasteiger partial charge in [0.05, 0.1) is 0 Å². The van der Waals surface area contributed by atoms with Gasteiger partial charge in [0.25, 0.3) is 10.7 Å². The molecule has 1 heterocycles. The van der Waals surface area contributed by atoms with Crippen LogP contribution >= 0.6 is 12.2 Å². The van der Waals surface area contributed by atoms with Crippen molar-refractivity contribution in [2.45, 2.75) is 33.9 Å². The van der Waals surface area contributed by atoms with Gasteiger partial charge < -0.3 is 14.5 Å². The second kappa shape index (κ2) is 8.18. The van der Waals surface area contributed by atoms with E-state index in [1.165, 1.54) is 4.68 Å². The number of rotatable bonds is 6. The van der Waals surface area contributed by atoms with Gasteiger partial charge in [-0.2, -0.15) is 0 Å². The molecule has 0 radical (unpaired) electrons. The molecule has 1 amide bonds. The van der Waals surface area contributed by atoms with Crippen molar-refractivity contribution in [2.75, 3.05) is 5.32 Å². The first-order valence-electron chi connectivity index (χ1n) is 8.55. The molecular weight excluding hydrogens is 362 g/mol. The Kier molecular flexibility index (Phi) is 5.71. The molecule has 0 aliphatic carbocycles. The monoisotopic (exact) mass is 383 g/mol. The Labute approximate surface area is 162 Å². The number of hydrogen-bond donors (Lipinski definition) is 1. The van der Waals surface area contributed by atoms with Crippen LogP contribution in [0.15, 0.2) is 46.9 Å². The average molecular weight is 383 g/mol. The van der Waals surface area contributed by atoms with Gasteiger partial charge in [-0.15, -0.1) is 5.10 Å². The van der Waals surface area contributed by atoms with E-state index < -0.39 is 0 Å². The number of aromatic nitrogens is 2. The maximum atomic E-state index is 12.3. The summed E-state index contributed by atoms with van der Waals surface area (Å²) in [6, 6.07) is 13.4. The third kappa shape index (κ3) is 4.62. The van der Waals surface area contributed by atoms with E-state index in [2.05, 4.69) is 10.4 Å². The predicted octanol–water partition coefficient (Wildman–Crippen LogP) is 4.35. The summed E-state index contributed by atoms with van der Waals surface area (Å²) in [5.41, 5.74) is 3.94. The van der Waals surface area contributed by atoms with Gasteiger partial charge in [-0.05, 0) is 61.8 Å². The number of amides is 1. The standard InChI is InChI=1S/C20H21N3O3S/c1-13-8-6-9-16(15(13)3)21-18(24)11-23-20(27)26-19(22-23)12-25-17-10-5-4-7-14(17)2/h4-10H,11-12H2,1-3H3,(H,21,24). The normalized spacial score (nSPS) is 10.6. The molecule has 1 aromatic heterocycles. The first-order chi connectivity index (χ1) is 12.9. The Morgan fingerprint density at radius 1 is 1.15 bits per heavy atom. The summed E-state index contributed by atoms with van der Waals surface area (Å²) in [5.74, 6) is 0.850. The minimum absolute atomic E-state index is 0.0277. The molecule has 0 atom stereocenters. The number of carbonyl (C=O) groups excluding carboxylic acids is 1. The molecule has 0 saturated carbocycles. The van der Waals surface area contributed by atoms with E-state index in [4.69, 9.17) is 21.4 Å². The van der Waals surface area contributed by atoms with Gasteiger partial charge >= 0.3 is 0 Å². The summed E-state index contributed by atoms with van der Waals surface area (Å²) in [4.78, 5) is 12.5. The largest absolute Gasteiger partial charge is 0.484 e. The molecule has 0 fully saturated rings. The number of para-hydroxylation sites is 1. The lowest BCUT2D eigenvalue weighted by molar-refractivity contribution is -0.117. The quantitative estimate of drug-likeness (QED) is 0.641. The lowest BCUT2D eigenvalue weighted by Crippen LogP contribution is -2.20. The molecule has 7 heteroatoms. The van der Waals surface area contributed by atoms with Gasteiger partial charge in [0.2, 0.25) is 5.91 Å². The highest BCUT2D eigenvalue weighted by molar-refractivity contribution is 7.71. The van der Waals surface area contributed by atoms with Crippen LogP contribution in [0.4, 0.5) is 5.69 Å². The third-order valence-corrected chi connectivity index (χ3v) is 4.56. The van der Waals surface area contributed by atoms with Crippen molar-refractivity contribution in [1.82, 2.24) is 9.78 Å². The number of anilines is 1. The summed E-state index contributed by atoms with van der Waals surface area (Å²) in [6.45, 7) is 6.04. The van der Waals surface area contributed by atoms with Crippen LogP contribution in [-0.4, -0.2) is 15.7 Å². The van der Waals surface area contributed by atoms with Crippen LogP contribution in [-0.2, 0) is 17.9 Å². The zero-order valence-electron chi connectivity index (χ0n) is 15.5. The Hall–Kier alpha value is -2.93. The molecule has 0 saturated heterocycles. The first kappa shape index (κ1) is 18.8. The molecule has 0 unspecified atom stereocenters. The van der Waals surface area contributed by atoms with Crippen LogP contribution in [0.1, 0.15) is 22.6 Å². The number of ether oxygens (including phenoxy) is 1. The van der Waals surface area contributed by atoms with Crippen molar-refractivity contribution >= 4 is 23.8 Å². The van der Waals surface area contributed by atoms with Gasteiger partial charge in [-0.1, -0.05) is 30.3 Å². The predicted molar refractivity (Wildman–Crippen MR) is 105 cm³/mol. The SMILES string of the molecule is Cc1ccccc1OCc1nn(CC(=O)Nc2cccc(C)c2C)c(=S)o1. The zero-order valence-corrected chi connectivity index (χ0v) is 16.3. The van der Waals surface area contributed by atoms with Crippen LogP contribution in [0.5, 0.6) is 5.75 Å². The molecule has 1 N–H and O–H groups in total. The van der Waals surface area contributed by atoms with E-state index >= 15 is 0 Å². The molecule has 0 bridgehead atoms. The van der Waals surface area contributed by atoms with Crippen molar-refractivity contribution in [3.8, 4) is 5.75 Å². The highest BCUT2D eigenvalue weighted by atomic mass is 32.1. The smallest absolute Gasteiger partial charge is 0.287 e. The molecule has 3 rings (SSSR count). The second-order valence-electron chi connectivity index (χ2n) is 6.27. The summed E-state index contributed by atoms with van der Waals surface area (Å²) in [6.07, 6.45) is 0. The molecule has 2 aromatic carbocycles. The number of benzene rings is 2. The molecule has 0 spiro atoms. The molecular formula is C20H21N3O3S. The Balaban J connectivity index is 1.64. The van der Waals surface area contributed by atoms with E-state index in [0.717, 1.165) is 28.1 Å². The lowest BCUT2D eigenvalue weighted by Gasteiger charge is -2.10. The van der Waals surface area contributed by atoms with Crippen molar-refractivity contribution in [1.29, 1.82) is 0 Å². The minimum atomic E-state index is -0.223. The van der Waals surface area contributed by atoms with Crippen LogP contribution in [0.25, 0.3) is 0 Å². The molecule has 3 aromatic rings. The van der Waals surface area contributed by atoms with Crippen LogP contribution in [0.3, 0.4) is 0 Å². The molecule has 27 heavy (non-hydrogen) atoms. The topological polar surface area (TPSA) is 69.3 Å². The van der Waals surface area contributed by atoms with Gasteiger partial charge in [-0.3, -0.25) is 4.79 Å². The van der Waals surface area contributed by atoms with Gasteiger partial charge in [0, 0.05) is 5.69 Å². The van der Waals surface area contributed by atoms with E-state index in [-0.39, 0.29) is 23.9 Å². The summed E-state index contributed by atoms with van der Waals surface area (Å²) in [7, 11) is 0. The van der Waals surface area contributed by atoms with Gasteiger partial charge in [-0.25, -0.2) is 4.68 Å². The number of nitrogens with one attached hydrogen (secondary N) is 1. The number of aryl methyl sites for hydroxylation is 2. The fourth-order valence-electron chi connectivity index (χ4n) is 2.58. The molecule has 0 aliphatic heterocycles. The van der Waals surface area contributed by atoms with Crippen molar-refractivity contribution < 1.29 is 13.9 Å². The summed E-state index contributed by atoms with van der Waals surface area (Å²) in [5, 5.41) is 7.12. The van der Waals surface area contributed by atoms with Crippen molar-refractivity contribution in [3.63, 3.8) is 0 Å². The van der Waals surface area contributed by atoms with Crippen LogP contribution in [0, 0.1) is 25.6 Å². The van der Waals surface area contributed by atoms with Crippen LogP contribution in [0.2, 0.25) is 0 Å². The fourth-order valence-corrected chi connectivity index (χ4v) is 2.78. The van der Waals surface area contributed by atoms with Crippen molar-refractivity contribution in [2.24, 2.45) is 0 Å². The average Bonchev–Trinajstić information content (AvgIpc) is 2.98. The third-order valence-electron chi connectivity index (χ3n) is 4.26. The highest BCUT2D eigenvalue weighted by Gasteiger charge is 2.12. The van der Waals surface area contributed by atoms with Gasteiger partial charge in [0.15, 0.2) is 6.61 Å². The first-order valence-corrected chi connectivity index (χ1v) is 8.96. The zero-order chi connectivity index (χ0) is 19.4. The van der Waals surface area contributed by atoms with E-state index in [9.17, 15) is 4.79 Å².